The first kappa shape index (κ1) is 23.3. The number of carbonyl (C=O) groups excluding carboxylic acids is 1. The molecule has 178 valence electrons. The fourth-order valence-electron chi connectivity index (χ4n) is 5.09. The zero-order valence-corrected chi connectivity index (χ0v) is 20.2. The third kappa shape index (κ3) is 4.25. The average Bonchev–Trinajstić information content (AvgIpc) is 2.85. The summed E-state index contributed by atoms with van der Waals surface area (Å²) < 4.78 is 28.0. The Morgan fingerprint density at radius 3 is 2.20 bits per heavy atom. The van der Waals surface area contributed by atoms with Crippen LogP contribution >= 0.6 is 0 Å². The minimum atomic E-state index is -3.81. The van der Waals surface area contributed by atoms with E-state index < -0.39 is 10.0 Å². The first-order chi connectivity index (χ1) is 16.9. The Balaban J connectivity index is 1.39. The number of nitrogens with zero attached hydrogens (tertiary/aromatic N) is 2. The van der Waals surface area contributed by atoms with Crippen molar-refractivity contribution in [2.45, 2.75) is 29.8 Å². The third-order valence-corrected chi connectivity index (χ3v) is 8.82. The smallest absolute Gasteiger partial charge is 0.243 e. The van der Waals surface area contributed by atoms with Gasteiger partial charge in [0.1, 0.15) is 0 Å². The number of aliphatic hydroxyl groups excluding tert-OH is 1. The van der Waals surface area contributed by atoms with E-state index in [-0.39, 0.29) is 48.5 Å². The van der Waals surface area contributed by atoms with Crippen LogP contribution in [0.1, 0.15) is 28.2 Å². The van der Waals surface area contributed by atoms with E-state index in [2.05, 4.69) is 11.8 Å². The van der Waals surface area contributed by atoms with Gasteiger partial charge in [-0.3, -0.25) is 4.79 Å². The van der Waals surface area contributed by atoms with Crippen molar-refractivity contribution in [2.75, 3.05) is 19.7 Å². The number of carbonyl (C=O) groups is 1. The number of amides is 1. The molecule has 0 aromatic heterocycles. The van der Waals surface area contributed by atoms with Crippen molar-refractivity contribution in [3.8, 4) is 11.8 Å². The van der Waals surface area contributed by atoms with Gasteiger partial charge in [-0.1, -0.05) is 60.4 Å². The molecule has 0 unspecified atom stereocenters. The lowest BCUT2D eigenvalue weighted by molar-refractivity contribution is -0.158. The normalized spacial score (nSPS) is 22.1. The highest BCUT2D eigenvalue weighted by Crippen LogP contribution is 2.43. The van der Waals surface area contributed by atoms with Crippen LogP contribution in [0, 0.1) is 18.8 Å². The predicted octanol–water partition coefficient (Wildman–Crippen LogP) is 2.75. The third-order valence-electron chi connectivity index (χ3n) is 6.85. The van der Waals surface area contributed by atoms with E-state index >= 15 is 0 Å². The molecule has 1 amide bonds. The number of rotatable bonds is 4. The van der Waals surface area contributed by atoms with Crippen LogP contribution in [0.2, 0.25) is 0 Å². The molecule has 0 spiro atoms. The molecule has 5 rings (SSSR count). The maximum absolute atomic E-state index is 13.3. The van der Waals surface area contributed by atoms with Crippen molar-refractivity contribution in [1.82, 2.24) is 9.21 Å². The standard InChI is InChI=1S/C28H26N2O4S/c1-20-7-5-6-10-26(20)35(33,34)29-17-24-28(25(19-31)30(24)27(32)18-29)23-15-13-22(14-16-23)12-11-21-8-3-2-4-9-21/h2-10,13-16,24-25,28,31H,17-19H2,1H3/t24-,25-,28+/m0/s1. The van der Waals surface area contributed by atoms with Crippen LogP contribution in [-0.4, -0.2) is 60.4 Å². The molecule has 2 aliphatic rings. The number of aryl methyl sites for hydroxylation is 1. The first-order valence-corrected chi connectivity index (χ1v) is 13.0. The molecular weight excluding hydrogens is 460 g/mol. The summed E-state index contributed by atoms with van der Waals surface area (Å²) in [5.41, 5.74) is 3.39. The molecule has 35 heavy (non-hydrogen) atoms. The number of sulfonamides is 1. The quantitative estimate of drug-likeness (QED) is 0.576. The van der Waals surface area contributed by atoms with Crippen LogP contribution in [-0.2, 0) is 14.8 Å². The molecule has 2 fully saturated rings. The maximum atomic E-state index is 13.3. The second-order valence-electron chi connectivity index (χ2n) is 8.95. The minimum absolute atomic E-state index is 0.157. The van der Waals surface area contributed by atoms with Crippen LogP contribution in [0.15, 0.2) is 83.8 Å². The Bertz CT molecular complexity index is 1410. The summed E-state index contributed by atoms with van der Waals surface area (Å²) >= 11 is 0. The van der Waals surface area contributed by atoms with Gasteiger partial charge in [-0.05, 0) is 48.4 Å². The van der Waals surface area contributed by atoms with E-state index in [0.29, 0.717) is 5.56 Å². The van der Waals surface area contributed by atoms with Crippen molar-refractivity contribution in [3.63, 3.8) is 0 Å². The van der Waals surface area contributed by atoms with Gasteiger partial charge in [0.15, 0.2) is 0 Å². The van der Waals surface area contributed by atoms with Gasteiger partial charge in [0.25, 0.3) is 0 Å². The average molecular weight is 487 g/mol. The predicted molar refractivity (Wildman–Crippen MR) is 133 cm³/mol. The fourth-order valence-corrected chi connectivity index (χ4v) is 6.73. The highest BCUT2D eigenvalue weighted by Gasteiger charge is 2.55. The van der Waals surface area contributed by atoms with Gasteiger partial charge in [-0.25, -0.2) is 8.42 Å². The molecule has 2 heterocycles. The number of piperazine rings is 1. The molecule has 0 aliphatic carbocycles. The van der Waals surface area contributed by atoms with Gasteiger partial charge in [-0.2, -0.15) is 4.31 Å². The molecule has 7 heteroatoms. The molecule has 0 saturated carbocycles. The second-order valence-corrected chi connectivity index (χ2v) is 10.9. The molecule has 1 N–H and O–H groups in total. The summed E-state index contributed by atoms with van der Waals surface area (Å²) in [7, 11) is -3.81. The van der Waals surface area contributed by atoms with Gasteiger partial charge >= 0.3 is 0 Å². The highest BCUT2D eigenvalue weighted by atomic mass is 32.2. The topological polar surface area (TPSA) is 77.9 Å². The lowest BCUT2D eigenvalue weighted by atomic mass is 9.74. The lowest BCUT2D eigenvalue weighted by Gasteiger charge is -2.58. The molecule has 3 aromatic carbocycles. The first-order valence-electron chi connectivity index (χ1n) is 11.5. The van der Waals surface area contributed by atoms with Crippen molar-refractivity contribution in [2.24, 2.45) is 0 Å². The van der Waals surface area contributed by atoms with Crippen LogP contribution in [0.5, 0.6) is 0 Å². The van der Waals surface area contributed by atoms with E-state index in [1.54, 1.807) is 36.1 Å². The maximum Gasteiger partial charge on any atom is 0.243 e. The molecule has 2 aliphatic heterocycles. The Labute approximate surface area is 205 Å². The van der Waals surface area contributed by atoms with E-state index in [0.717, 1.165) is 16.7 Å². The van der Waals surface area contributed by atoms with Gasteiger partial charge < -0.3 is 10.0 Å². The summed E-state index contributed by atoms with van der Waals surface area (Å²) in [5, 5.41) is 10.0. The van der Waals surface area contributed by atoms with E-state index in [4.69, 9.17) is 0 Å². The minimum Gasteiger partial charge on any atom is -0.394 e. The summed E-state index contributed by atoms with van der Waals surface area (Å²) in [4.78, 5) is 14.8. The Kier molecular flexibility index (Phi) is 6.20. The number of fused-ring (bicyclic) bond motifs is 1. The van der Waals surface area contributed by atoms with Crippen molar-refractivity contribution < 1.29 is 18.3 Å². The van der Waals surface area contributed by atoms with E-state index in [1.165, 1.54) is 4.31 Å². The second kappa shape index (κ2) is 9.31. The highest BCUT2D eigenvalue weighted by molar-refractivity contribution is 7.89. The van der Waals surface area contributed by atoms with Crippen LogP contribution in [0.3, 0.4) is 0 Å². The SMILES string of the molecule is Cc1ccccc1S(=O)(=O)N1CC(=O)N2[C@@H](CO)[C@H](c3ccc(C#Cc4ccccc4)cc3)[C@@H]2C1. The van der Waals surface area contributed by atoms with Gasteiger partial charge in [0, 0.05) is 23.6 Å². The number of hydrogen-bond acceptors (Lipinski definition) is 4. The van der Waals surface area contributed by atoms with Crippen molar-refractivity contribution in [1.29, 1.82) is 0 Å². The van der Waals surface area contributed by atoms with Gasteiger partial charge in [0.05, 0.1) is 30.1 Å². The van der Waals surface area contributed by atoms with Crippen molar-refractivity contribution >= 4 is 15.9 Å². The molecule has 0 bridgehead atoms. The van der Waals surface area contributed by atoms with Crippen LogP contribution < -0.4 is 0 Å². The Hall–Kier alpha value is -3.44. The largest absolute Gasteiger partial charge is 0.394 e. The molecule has 3 atom stereocenters. The van der Waals surface area contributed by atoms with Gasteiger partial charge in [-0.15, -0.1) is 0 Å². The summed E-state index contributed by atoms with van der Waals surface area (Å²) in [6, 6.07) is 23.6. The molecular formula is C28H26N2O4S. The molecule has 2 saturated heterocycles. The zero-order valence-electron chi connectivity index (χ0n) is 19.3. The number of benzene rings is 3. The van der Waals surface area contributed by atoms with E-state index in [1.807, 2.05) is 54.6 Å². The molecule has 0 radical (unpaired) electrons. The summed E-state index contributed by atoms with van der Waals surface area (Å²) in [5.74, 6) is 5.85. The summed E-state index contributed by atoms with van der Waals surface area (Å²) in [6.45, 7) is 1.55. The van der Waals surface area contributed by atoms with Gasteiger partial charge in [0.2, 0.25) is 15.9 Å². The van der Waals surface area contributed by atoms with E-state index in [9.17, 15) is 18.3 Å². The van der Waals surface area contributed by atoms with Crippen molar-refractivity contribution in [3.05, 3.63) is 101 Å². The fraction of sp³-hybridized carbons (Fsp3) is 0.250. The zero-order chi connectivity index (χ0) is 24.6. The Morgan fingerprint density at radius 1 is 0.914 bits per heavy atom. The number of aliphatic hydroxyl groups is 1. The molecule has 6 nitrogen and oxygen atoms in total. The molecule has 3 aromatic rings. The van der Waals surface area contributed by atoms with Crippen LogP contribution in [0.4, 0.5) is 0 Å². The summed E-state index contributed by atoms with van der Waals surface area (Å²) in [6.07, 6.45) is 0. The monoisotopic (exact) mass is 486 g/mol. The lowest BCUT2D eigenvalue weighted by Crippen LogP contribution is -2.73. The van der Waals surface area contributed by atoms with Crippen LogP contribution in [0.25, 0.3) is 0 Å². The Morgan fingerprint density at radius 2 is 1.54 bits per heavy atom. The number of hydrogen-bond donors (Lipinski definition) is 1.